The molecule has 2 aliphatic rings. The molecule has 3 atom stereocenters. The van der Waals surface area contributed by atoms with E-state index in [1.54, 1.807) is 24.3 Å². The Hall–Kier alpha value is -2.95. The topological polar surface area (TPSA) is 66.5 Å². The molecule has 5 nitrogen and oxygen atoms in total. The van der Waals surface area contributed by atoms with E-state index in [2.05, 4.69) is 12.2 Å². The van der Waals surface area contributed by atoms with Crippen LogP contribution in [0.5, 0.6) is 0 Å². The molecule has 1 N–H and O–H groups in total. The molecule has 5 heteroatoms. The zero-order valence-electron chi connectivity index (χ0n) is 17.1. The first-order chi connectivity index (χ1) is 13.9. The Bertz CT molecular complexity index is 977. The van der Waals surface area contributed by atoms with E-state index in [9.17, 15) is 14.4 Å². The van der Waals surface area contributed by atoms with E-state index in [1.165, 1.54) is 4.90 Å². The molecule has 2 fully saturated rings. The van der Waals surface area contributed by atoms with Crippen molar-refractivity contribution < 1.29 is 14.4 Å². The van der Waals surface area contributed by atoms with Gasteiger partial charge < -0.3 is 5.32 Å². The first-order valence-corrected chi connectivity index (χ1v) is 10.2. The quantitative estimate of drug-likeness (QED) is 0.786. The molecule has 1 saturated heterocycles. The minimum atomic E-state index is -0.255. The fourth-order valence-corrected chi connectivity index (χ4v) is 4.63. The Balaban J connectivity index is 1.60. The Morgan fingerprint density at radius 1 is 0.966 bits per heavy atom. The maximum Gasteiger partial charge on any atom is 0.255 e. The van der Waals surface area contributed by atoms with Crippen LogP contribution in [0.2, 0.25) is 0 Å². The van der Waals surface area contributed by atoms with Gasteiger partial charge in [0, 0.05) is 11.3 Å². The molecule has 2 aromatic rings. The van der Waals surface area contributed by atoms with Gasteiger partial charge in [0.25, 0.3) is 5.91 Å². The largest absolute Gasteiger partial charge is 0.322 e. The average Bonchev–Trinajstić information content (AvgIpc) is 2.94. The highest BCUT2D eigenvalue weighted by atomic mass is 16.2. The smallest absolute Gasteiger partial charge is 0.255 e. The third-order valence-electron chi connectivity index (χ3n) is 6.27. The van der Waals surface area contributed by atoms with Crippen LogP contribution in [0.15, 0.2) is 42.5 Å². The summed E-state index contributed by atoms with van der Waals surface area (Å²) in [6.07, 6.45) is 2.50. The number of imide groups is 1. The number of para-hydroxylation sites is 1. The SMILES string of the molecule is Cc1cccc(C)c1NC(=O)c1cccc(N2C(=O)[C@@H]3CC[C@@H](C)C[C@H]3C2=O)c1. The van der Waals surface area contributed by atoms with Crippen LogP contribution >= 0.6 is 0 Å². The molecular weight excluding hydrogens is 364 g/mol. The molecule has 0 unspecified atom stereocenters. The fourth-order valence-electron chi connectivity index (χ4n) is 4.63. The van der Waals surface area contributed by atoms with E-state index in [0.717, 1.165) is 36.1 Å². The summed E-state index contributed by atoms with van der Waals surface area (Å²) in [6.45, 7) is 6.03. The van der Waals surface area contributed by atoms with E-state index in [1.807, 2.05) is 32.0 Å². The Kier molecular flexibility index (Phi) is 4.99. The molecule has 0 radical (unpaired) electrons. The van der Waals surface area contributed by atoms with Gasteiger partial charge in [-0.1, -0.05) is 31.2 Å². The van der Waals surface area contributed by atoms with Crippen molar-refractivity contribution in [1.29, 1.82) is 0 Å². The number of carbonyl (C=O) groups excluding carboxylic acids is 3. The molecule has 3 amide bonds. The monoisotopic (exact) mass is 390 g/mol. The minimum Gasteiger partial charge on any atom is -0.322 e. The second-order valence-corrected chi connectivity index (χ2v) is 8.41. The van der Waals surface area contributed by atoms with Gasteiger partial charge >= 0.3 is 0 Å². The highest BCUT2D eigenvalue weighted by Gasteiger charge is 2.50. The minimum absolute atomic E-state index is 0.126. The molecule has 1 saturated carbocycles. The lowest BCUT2D eigenvalue weighted by Gasteiger charge is -2.25. The zero-order valence-corrected chi connectivity index (χ0v) is 17.1. The van der Waals surface area contributed by atoms with Crippen LogP contribution < -0.4 is 10.2 Å². The molecule has 0 bridgehead atoms. The lowest BCUT2D eigenvalue weighted by Crippen LogP contribution is -2.31. The van der Waals surface area contributed by atoms with Gasteiger partial charge in [0.15, 0.2) is 0 Å². The van der Waals surface area contributed by atoms with Crippen molar-refractivity contribution in [2.24, 2.45) is 17.8 Å². The zero-order chi connectivity index (χ0) is 20.7. The number of anilines is 2. The predicted octanol–water partition coefficient (Wildman–Crippen LogP) is 4.48. The van der Waals surface area contributed by atoms with Crippen molar-refractivity contribution in [1.82, 2.24) is 0 Å². The molecule has 2 aromatic carbocycles. The van der Waals surface area contributed by atoms with E-state index in [-0.39, 0.29) is 29.6 Å². The van der Waals surface area contributed by atoms with Crippen molar-refractivity contribution in [3.05, 3.63) is 59.2 Å². The standard InChI is InChI=1S/C24H26N2O3/c1-14-10-11-19-20(12-14)24(29)26(23(19)28)18-9-5-8-17(13-18)22(27)25-21-15(2)6-4-7-16(21)3/h4-9,13-14,19-20H,10-12H2,1-3H3,(H,25,27)/t14-,19-,20-/m1/s1. The number of nitrogens with one attached hydrogen (secondary N) is 1. The lowest BCUT2D eigenvalue weighted by atomic mass is 9.76. The van der Waals surface area contributed by atoms with Crippen LogP contribution in [0.1, 0.15) is 47.7 Å². The number of fused-ring (bicyclic) bond motifs is 1. The third kappa shape index (κ3) is 3.46. The molecule has 0 aromatic heterocycles. The Labute approximate surface area is 171 Å². The summed E-state index contributed by atoms with van der Waals surface area (Å²) in [5.74, 6) is -0.487. The van der Waals surface area contributed by atoms with Gasteiger partial charge in [0.05, 0.1) is 17.5 Å². The Morgan fingerprint density at radius 2 is 1.62 bits per heavy atom. The molecule has 0 spiro atoms. The van der Waals surface area contributed by atoms with E-state index in [0.29, 0.717) is 17.2 Å². The van der Waals surface area contributed by atoms with Gasteiger partial charge in [-0.3, -0.25) is 19.3 Å². The fraction of sp³-hybridized carbons (Fsp3) is 0.375. The van der Waals surface area contributed by atoms with Crippen molar-refractivity contribution in [3.63, 3.8) is 0 Å². The molecule has 1 aliphatic carbocycles. The average molecular weight is 390 g/mol. The Morgan fingerprint density at radius 3 is 2.34 bits per heavy atom. The normalized spacial score (nSPS) is 23.8. The van der Waals surface area contributed by atoms with Crippen molar-refractivity contribution in [2.45, 2.75) is 40.0 Å². The van der Waals surface area contributed by atoms with Crippen molar-refractivity contribution in [3.8, 4) is 0 Å². The maximum absolute atomic E-state index is 13.0. The van der Waals surface area contributed by atoms with Crippen LogP contribution in [0.3, 0.4) is 0 Å². The molecule has 4 rings (SSSR count). The van der Waals surface area contributed by atoms with Gasteiger partial charge in [-0.25, -0.2) is 0 Å². The number of amides is 3. The van der Waals surface area contributed by atoms with E-state index in [4.69, 9.17) is 0 Å². The summed E-state index contributed by atoms with van der Waals surface area (Å²) in [6, 6.07) is 12.6. The van der Waals surface area contributed by atoms with Crippen molar-refractivity contribution >= 4 is 29.1 Å². The van der Waals surface area contributed by atoms with Crippen LogP contribution in [-0.4, -0.2) is 17.7 Å². The lowest BCUT2D eigenvalue weighted by molar-refractivity contribution is -0.122. The predicted molar refractivity (Wildman–Crippen MR) is 113 cm³/mol. The van der Waals surface area contributed by atoms with Crippen LogP contribution in [0, 0.1) is 31.6 Å². The van der Waals surface area contributed by atoms with Gasteiger partial charge in [-0.2, -0.15) is 0 Å². The van der Waals surface area contributed by atoms with Crippen LogP contribution in [0.4, 0.5) is 11.4 Å². The third-order valence-corrected chi connectivity index (χ3v) is 6.27. The number of hydrogen-bond donors (Lipinski definition) is 1. The van der Waals surface area contributed by atoms with E-state index >= 15 is 0 Å². The number of aryl methyl sites for hydroxylation is 2. The van der Waals surface area contributed by atoms with Gasteiger partial charge in [-0.05, 0) is 68.4 Å². The molecule has 1 aliphatic heterocycles. The second-order valence-electron chi connectivity index (χ2n) is 8.41. The molecule has 150 valence electrons. The number of rotatable bonds is 3. The highest BCUT2D eigenvalue weighted by molar-refractivity contribution is 6.22. The number of nitrogens with zero attached hydrogens (tertiary/aromatic N) is 1. The molecular formula is C24H26N2O3. The molecule has 29 heavy (non-hydrogen) atoms. The number of carbonyl (C=O) groups is 3. The van der Waals surface area contributed by atoms with E-state index < -0.39 is 0 Å². The van der Waals surface area contributed by atoms with Gasteiger partial charge in [-0.15, -0.1) is 0 Å². The highest BCUT2D eigenvalue weighted by Crippen LogP contribution is 2.42. The first kappa shape index (κ1) is 19.4. The maximum atomic E-state index is 13.0. The van der Waals surface area contributed by atoms with Crippen LogP contribution in [-0.2, 0) is 9.59 Å². The summed E-state index contributed by atoms with van der Waals surface area (Å²) < 4.78 is 0. The second kappa shape index (κ2) is 7.47. The number of hydrogen-bond acceptors (Lipinski definition) is 3. The summed E-state index contributed by atoms with van der Waals surface area (Å²) in [5.41, 5.74) is 3.66. The number of benzene rings is 2. The molecule has 1 heterocycles. The summed E-state index contributed by atoms with van der Waals surface area (Å²) in [4.78, 5) is 40.0. The summed E-state index contributed by atoms with van der Waals surface area (Å²) >= 11 is 0. The van der Waals surface area contributed by atoms with Crippen LogP contribution in [0.25, 0.3) is 0 Å². The summed E-state index contributed by atoms with van der Waals surface area (Å²) in [5, 5.41) is 2.96. The van der Waals surface area contributed by atoms with Crippen molar-refractivity contribution in [2.75, 3.05) is 10.2 Å². The summed E-state index contributed by atoms with van der Waals surface area (Å²) in [7, 11) is 0. The van der Waals surface area contributed by atoms with Gasteiger partial charge in [0.1, 0.15) is 0 Å². The first-order valence-electron chi connectivity index (χ1n) is 10.2. The van der Waals surface area contributed by atoms with Gasteiger partial charge in [0.2, 0.25) is 11.8 Å².